The Morgan fingerprint density at radius 3 is 3.21 bits per heavy atom. The highest BCUT2D eigenvalue weighted by Crippen LogP contribution is 2.24. The standard InChI is InChI=1S/C16H20ClN5OS/c17-13-5-3-4-12(10-13)11-24-9-7-18-16(23)14-6-1-2-8-22-15(14)19-20-21-22/h3-5,10,14H,1-2,6-9,11H2,(H,18,23)/t14-/m0/s1. The summed E-state index contributed by atoms with van der Waals surface area (Å²) in [4.78, 5) is 12.4. The van der Waals surface area contributed by atoms with Crippen molar-refractivity contribution in [2.24, 2.45) is 0 Å². The van der Waals surface area contributed by atoms with E-state index in [-0.39, 0.29) is 11.8 Å². The van der Waals surface area contributed by atoms with Gasteiger partial charge in [-0.05, 0) is 41.0 Å². The van der Waals surface area contributed by atoms with Crippen molar-refractivity contribution in [3.63, 3.8) is 0 Å². The van der Waals surface area contributed by atoms with E-state index in [1.807, 2.05) is 18.2 Å². The first-order chi connectivity index (χ1) is 11.7. The van der Waals surface area contributed by atoms with Crippen molar-refractivity contribution in [1.82, 2.24) is 25.5 Å². The second-order valence-electron chi connectivity index (χ2n) is 5.78. The monoisotopic (exact) mass is 365 g/mol. The number of fused-ring (bicyclic) bond motifs is 1. The number of carbonyl (C=O) groups excluding carboxylic acids is 1. The van der Waals surface area contributed by atoms with E-state index >= 15 is 0 Å². The van der Waals surface area contributed by atoms with Gasteiger partial charge in [-0.3, -0.25) is 4.79 Å². The zero-order valence-electron chi connectivity index (χ0n) is 13.3. The number of thioether (sulfide) groups is 1. The molecule has 0 saturated heterocycles. The van der Waals surface area contributed by atoms with E-state index in [4.69, 9.17) is 11.6 Å². The van der Waals surface area contributed by atoms with Crippen LogP contribution in [0.1, 0.15) is 36.6 Å². The van der Waals surface area contributed by atoms with Crippen LogP contribution in [0.4, 0.5) is 0 Å². The molecule has 1 N–H and O–H groups in total. The lowest BCUT2D eigenvalue weighted by Gasteiger charge is -2.13. The molecule has 1 aromatic heterocycles. The fourth-order valence-electron chi connectivity index (χ4n) is 2.79. The lowest BCUT2D eigenvalue weighted by molar-refractivity contribution is -0.122. The summed E-state index contributed by atoms with van der Waals surface area (Å²) in [6.45, 7) is 1.43. The number of amides is 1. The Kier molecular flexibility index (Phi) is 6.09. The van der Waals surface area contributed by atoms with Crippen LogP contribution in [0, 0.1) is 0 Å². The van der Waals surface area contributed by atoms with Crippen LogP contribution in [-0.2, 0) is 17.1 Å². The Morgan fingerprint density at radius 1 is 1.42 bits per heavy atom. The fourth-order valence-corrected chi connectivity index (χ4v) is 3.81. The number of nitrogens with zero attached hydrogens (tertiary/aromatic N) is 4. The molecule has 0 fully saturated rings. The third kappa shape index (κ3) is 4.48. The molecule has 0 bridgehead atoms. The molecule has 0 aliphatic carbocycles. The number of rotatable bonds is 6. The highest BCUT2D eigenvalue weighted by atomic mass is 35.5. The maximum Gasteiger partial charge on any atom is 0.230 e. The Morgan fingerprint density at radius 2 is 2.33 bits per heavy atom. The van der Waals surface area contributed by atoms with Crippen molar-refractivity contribution in [3.8, 4) is 0 Å². The second kappa shape index (κ2) is 8.48. The van der Waals surface area contributed by atoms with Crippen molar-refractivity contribution in [2.75, 3.05) is 12.3 Å². The number of benzene rings is 1. The number of halogens is 1. The Hall–Kier alpha value is -1.60. The SMILES string of the molecule is O=C(NCCSCc1cccc(Cl)c1)[C@H]1CCCCn2nnnc21. The first-order valence-electron chi connectivity index (χ1n) is 8.10. The minimum Gasteiger partial charge on any atom is -0.355 e. The third-order valence-electron chi connectivity index (χ3n) is 4.00. The van der Waals surface area contributed by atoms with Gasteiger partial charge in [0.15, 0.2) is 5.82 Å². The molecule has 1 aromatic carbocycles. The number of hydrogen-bond donors (Lipinski definition) is 1. The third-order valence-corrected chi connectivity index (χ3v) is 5.27. The Balaban J connectivity index is 1.43. The fraction of sp³-hybridized carbons (Fsp3) is 0.500. The molecule has 0 unspecified atom stereocenters. The van der Waals surface area contributed by atoms with Gasteiger partial charge in [-0.2, -0.15) is 11.8 Å². The van der Waals surface area contributed by atoms with Gasteiger partial charge in [-0.25, -0.2) is 4.68 Å². The van der Waals surface area contributed by atoms with E-state index < -0.39 is 0 Å². The van der Waals surface area contributed by atoms with Crippen LogP contribution in [0.25, 0.3) is 0 Å². The molecule has 2 heterocycles. The number of carbonyl (C=O) groups is 1. The predicted molar refractivity (Wildman–Crippen MR) is 95.0 cm³/mol. The van der Waals surface area contributed by atoms with Crippen molar-refractivity contribution in [2.45, 2.75) is 37.5 Å². The normalized spacial score (nSPS) is 17.1. The number of aryl methyl sites for hydroxylation is 1. The quantitative estimate of drug-likeness (QED) is 0.797. The topological polar surface area (TPSA) is 72.7 Å². The zero-order chi connectivity index (χ0) is 16.8. The van der Waals surface area contributed by atoms with Gasteiger partial charge in [0.25, 0.3) is 0 Å². The van der Waals surface area contributed by atoms with Gasteiger partial charge in [-0.15, -0.1) is 5.10 Å². The highest BCUT2D eigenvalue weighted by molar-refractivity contribution is 7.98. The summed E-state index contributed by atoms with van der Waals surface area (Å²) in [5.74, 6) is 2.22. The van der Waals surface area contributed by atoms with Crippen molar-refractivity contribution < 1.29 is 4.79 Å². The van der Waals surface area contributed by atoms with E-state index in [0.29, 0.717) is 12.4 Å². The van der Waals surface area contributed by atoms with E-state index in [1.54, 1.807) is 16.4 Å². The molecule has 0 spiro atoms. The lowest BCUT2D eigenvalue weighted by Crippen LogP contribution is -2.32. The number of aromatic nitrogens is 4. The molecule has 8 heteroatoms. The van der Waals surface area contributed by atoms with Gasteiger partial charge >= 0.3 is 0 Å². The first kappa shape index (κ1) is 17.2. The molecule has 3 rings (SSSR count). The van der Waals surface area contributed by atoms with Crippen LogP contribution in [0.15, 0.2) is 24.3 Å². The molecule has 1 amide bonds. The van der Waals surface area contributed by atoms with Gasteiger partial charge < -0.3 is 5.32 Å². The predicted octanol–water partition coefficient (Wildman–Crippen LogP) is 2.64. The Labute approximate surface area is 150 Å². The van der Waals surface area contributed by atoms with E-state index in [1.165, 1.54) is 5.56 Å². The van der Waals surface area contributed by atoms with Gasteiger partial charge in [0, 0.05) is 29.6 Å². The molecule has 2 aromatic rings. The number of tetrazole rings is 1. The summed E-state index contributed by atoms with van der Waals surface area (Å²) in [7, 11) is 0. The molecule has 1 aliphatic rings. The van der Waals surface area contributed by atoms with Crippen LogP contribution < -0.4 is 5.32 Å². The first-order valence-corrected chi connectivity index (χ1v) is 9.63. The van der Waals surface area contributed by atoms with Crippen LogP contribution >= 0.6 is 23.4 Å². The minimum absolute atomic E-state index is 0.0244. The minimum atomic E-state index is -0.236. The highest BCUT2D eigenvalue weighted by Gasteiger charge is 2.27. The maximum atomic E-state index is 12.4. The maximum absolute atomic E-state index is 12.4. The molecule has 1 aliphatic heterocycles. The molecule has 1 atom stereocenters. The summed E-state index contributed by atoms with van der Waals surface area (Å²) in [5, 5.41) is 15.5. The van der Waals surface area contributed by atoms with Crippen LogP contribution in [0.5, 0.6) is 0 Å². The average Bonchev–Trinajstić information content (AvgIpc) is 2.94. The zero-order valence-corrected chi connectivity index (χ0v) is 14.9. The van der Waals surface area contributed by atoms with E-state index in [0.717, 1.165) is 42.3 Å². The number of nitrogens with one attached hydrogen (secondary N) is 1. The van der Waals surface area contributed by atoms with Crippen LogP contribution in [0.3, 0.4) is 0 Å². The average molecular weight is 366 g/mol. The number of hydrogen-bond acceptors (Lipinski definition) is 5. The van der Waals surface area contributed by atoms with Gasteiger partial charge in [0.05, 0.1) is 5.92 Å². The summed E-state index contributed by atoms with van der Waals surface area (Å²) in [5.41, 5.74) is 1.20. The van der Waals surface area contributed by atoms with Crippen LogP contribution in [0.2, 0.25) is 5.02 Å². The lowest BCUT2D eigenvalue weighted by atomic mass is 10.0. The molecule has 24 heavy (non-hydrogen) atoms. The van der Waals surface area contributed by atoms with Gasteiger partial charge in [0.2, 0.25) is 5.91 Å². The van der Waals surface area contributed by atoms with Crippen molar-refractivity contribution in [3.05, 3.63) is 40.7 Å². The van der Waals surface area contributed by atoms with Gasteiger partial charge in [0.1, 0.15) is 0 Å². The van der Waals surface area contributed by atoms with E-state index in [9.17, 15) is 4.79 Å². The summed E-state index contributed by atoms with van der Waals surface area (Å²) < 4.78 is 1.76. The van der Waals surface area contributed by atoms with E-state index in [2.05, 4.69) is 26.9 Å². The molecule has 6 nitrogen and oxygen atoms in total. The van der Waals surface area contributed by atoms with Crippen molar-refractivity contribution in [1.29, 1.82) is 0 Å². The molecule has 0 radical (unpaired) electrons. The van der Waals surface area contributed by atoms with Crippen LogP contribution in [-0.4, -0.2) is 38.4 Å². The largest absolute Gasteiger partial charge is 0.355 e. The summed E-state index contributed by atoms with van der Waals surface area (Å²) in [6.07, 6.45) is 2.83. The molecular formula is C16H20ClN5OS. The summed E-state index contributed by atoms with van der Waals surface area (Å²) >= 11 is 7.75. The molecule has 128 valence electrons. The smallest absolute Gasteiger partial charge is 0.230 e. The van der Waals surface area contributed by atoms with Gasteiger partial charge in [-0.1, -0.05) is 30.2 Å². The molecular weight excluding hydrogens is 346 g/mol. The summed E-state index contributed by atoms with van der Waals surface area (Å²) in [6, 6.07) is 7.85. The molecule has 0 saturated carbocycles. The Bertz CT molecular complexity index is 693. The van der Waals surface area contributed by atoms with Crippen molar-refractivity contribution >= 4 is 29.3 Å². The second-order valence-corrected chi connectivity index (χ2v) is 7.32.